The molecule has 0 spiro atoms. The van der Waals surface area contributed by atoms with Gasteiger partial charge in [-0.05, 0) is 18.2 Å². The summed E-state index contributed by atoms with van der Waals surface area (Å²) in [6.07, 6.45) is 0. The van der Waals surface area contributed by atoms with Crippen molar-refractivity contribution < 1.29 is 9.47 Å². The molecule has 0 bridgehead atoms. The summed E-state index contributed by atoms with van der Waals surface area (Å²) in [5.74, 6) is 1.61. The van der Waals surface area contributed by atoms with Crippen molar-refractivity contribution in [2.75, 3.05) is 0 Å². The molecule has 0 radical (unpaired) electrons. The summed E-state index contributed by atoms with van der Waals surface area (Å²) in [6, 6.07) is 5.74. The van der Waals surface area contributed by atoms with Crippen LogP contribution in [0.2, 0.25) is 0 Å². The third-order valence-corrected chi connectivity index (χ3v) is 2.11. The number of fused-ring (bicyclic) bond motifs is 1. The lowest BCUT2D eigenvalue weighted by Crippen LogP contribution is -2.39. The zero-order valence-corrected chi connectivity index (χ0v) is 8.51. The fraction of sp³-hybridized carbons (Fsp3) is 0.143. The zero-order chi connectivity index (χ0) is 8.77. The molecule has 2 rings (SSSR count). The summed E-state index contributed by atoms with van der Waals surface area (Å²) in [5, 5.41) is 0. The van der Waals surface area contributed by atoms with Gasteiger partial charge in [0.1, 0.15) is 0 Å². The Morgan fingerprint density at radius 3 is 2.58 bits per heavy atom. The molecular formula is C7H7B2BrO2. The molecule has 0 amide bonds. The van der Waals surface area contributed by atoms with Crippen molar-refractivity contribution >= 4 is 31.6 Å². The van der Waals surface area contributed by atoms with E-state index in [-0.39, 0.29) is 0 Å². The second-order valence-corrected chi connectivity index (χ2v) is 4.11. The molecular weight excluding hydrogens is 218 g/mol. The van der Waals surface area contributed by atoms with Crippen LogP contribution in [0.3, 0.4) is 0 Å². The average Bonchev–Trinajstić information content (AvgIpc) is 2.21. The van der Waals surface area contributed by atoms with Crippen LogP contribution in [0, 0.1) is 0 Å². The van der Waals surface area contributed by atoms with E-state index in [0.29, 0.717) is 0 Å². The van der Waals surface area contributed by atoms with Crippen LogP contribution in [0.5, 0.6) is 11.5 Å². The standard InChI is InChI=1S/C7H7B2BrO2/c8-7(9)11-5-2-1-4(10)3-6(5)12-7/h1-3H,8-9H2. The third-order valence-electron chi connectivity index (χ3n) is 1.62. The van der Waals surface area contributed by atoms with E-state index >= 15 is 0 Å². The normalized spacial score (nSPS) is 17.8. The van der Waals surface area contributed by atoms with Gasteiger partial charge >= 0.3 is 0 Å². The van der Waals surface area contributed by atoms with E-state index in [0.717, 1.165) is 16.0 Å². The Hall–Kier alpha value is -0.570. The molecule has 0 N–H and O–H groups in total. The van der Waals surface area contributed by atoms with Crippen LogP contribution < -0.4 is 9.47 Å². The van der Waals surface area contributed by atoms with Crippen molar-refractivity contribution in [1.82, 2.24) is 0 Å². The Labute approximate surface area is 81.2 Å². The summed E-state index contributed by atoms with van der Waals surface area (Å²) < 4.78 is 12.0. The van der Waals surface area contributed by atoms with E-state index in [9.17, 15) is 0 Å². The predicted molar refractivity (Wildman–Crippen MR) is 55.2 cm³/mol. The topological polar surface area (TPSA) is 18.5 Å². The van der Waals surface area contributed by atoms with Crippen molar-refractivity contribution in [3.8, 4) is 11.5 Å². The van der Waals surface area contributed by atoms with Crippen LogP contribution in [0.25, 0.3) is 0 Å². The Morgan fingerprint density at radius 1 is 1.17 bits per heavy atom. The highest BCUT2D eigenvalue weighted by Gasteiger charge is 2.30. The molecule has 1 aromatic rings. The van der Waals surface area contributed by atoms with Crippen LogP contribution in [-0.2, 0) is 0 Å². The predicted octanol–water partition coefficient (Wildman–Crippen LogP) is 0.0978. The molecule has 0 atom stereocenters. The maximum Gasteiger partial charge on any atom is 0.197 e. The van der Waals surface area contributed by atoms with Gasteiger partial charge in [0.15, 0.2) is 32.8 Å². The molecule has 1 heterocycles. The number of hydrogen-bond donors (Lipinski definition) is 0. The molecule has 0 saturated heterocycles. The highest BCUT2D eigenvalue weighted by atomic mass is 79.9. The van der Waals surface area contributed by atoms with Crippen LogP contribution in [0.4, 0.5) is 0 Å². The maximum atomic E-state index is 5.52. The highest BCUT2D eigenvalue weighted by molar-refractivity contribution is 9.10. The molecule has 0 aromatic heterocycles. The Bertz CT molecular complexity index is 327. The van der Waals surface area contributed by atoms with Gasteiger partial charge in [-0.25, -0.2) is 0 Å². The number of halogens is 1. The first-order valence-electron chi connectivity index (χ1n) is 3.74. The van der Waals surface area contributed by atoms with Crippen molar-refractivity contribution in [3.63, 3.8) is 0 Å². The monoisotopic (exact) mass is 224 g/mol. The third kappa shape index (κ3) is 1.33. The molecule has 1 aliphatic rings. The van der Waals surface area contributed by atoms with Gasteiger partial charge < -0.3 is 9.47 Å². The second-order valence-electron chi connectivity index (χ2n) is 3.20. The minimum absolute atomic E-state index is 0.525. The van der Waals surface area contributed by atoms with Crippen molar-refractivity contribution in [2.45, 2.75) is 5.59 Å². The van der Waals surface area contributed by atoms with E-state index in [4.69, 9.17) is 9.47 Å². The van der Waals surface area contributed by atoms with E-state index in [1.807, 2.05) is 33.9 Å². The fourth-order valence-corrected chi connectivity index (χ4v) is 1.54. The van der Waals surface area contributed by atoms with Gasteiger partial charge in [0.25, 0.3) is 0 Å². The zero-order valence-electron chi connectivity index (χ0n) is 6.93. The number of hydrogen-bond acceptors (Lipinski definition) is 2. The maximum absolute atomic E-state index is 5.52. The number of ether oxygens (including phenoxy) is 2. The van der Waals surface area contributed by atoms with Crippen LogP contribution in [-0.4, -0.2) is 21.3 Å². The lowest BCUT2D eigenvalue weighted by molar-refractivity contribution is 0.0833. The van der Waals surface area contributed by atoms with Crippen LogP contribution in [0.15, 0.2) is 22.7 Å². The molecule has 1 aromatic carbocycles. The first-order chi connectivity index (χ1) is 5.57. The lowest BCUT2D eigenvalue weighted by Gasteiger charge is -2.17. The van der Waals surface area contributed by atoms with Gasteiger partial charge in [0, 0.05) is 4.47 Å². The lowest BCUT2D eigenvalue weighted by atomic mass is 9.76. The van der Waals surface area contributed by atoms with Gasteiger partial charge in [0.2, 0.25) is 0 Å². The minimum atomic E-state index is -0.525. The van der Waals surface area contributed by atoms with Crippen molar-refractivity contribution in [1.29, 1.82) is 0 Å². The summed E-state index contributed by atoms with van der Waals surface area (Å²) >= 11 is 3.37. The Balaban J connectivity index is 2.43. The molecule has 0 unspecified atom stereocenters. The SMILES string of the molecule is BC1(B)Oc2ccc(Br)cc2O1. The molecule has 12 heavy (non-hydrogen) atoms. The summed E-state index contributed by atoms with van der Waals surface area (Å²) in [7, 11) is 3.78. The quantitative estimate of drug-likeness (QED) is 0.582. The molecule has 0 fully saturated rings. The fourth-order valence-electron chi connectivity index (χ4n) is 1.20. The van der Waals surface area contributed by atoms with E-state index in [2.05, 4.69) is 15.9 Å². The van der Waals surface area contributed by atoms with Crippen molar-refractivity contribution in [2.24, 2.45) is 0 Å². The van der Waals surface area contributed by atoms with Crippen LogP contribution >= 0.6 is 15.9 Å². The van der Waals surface area contributed by atoms with E-state index in [1.54, 1.807) is 0 Å². The molecule has 60 valence electrons. The Kier molecular flexibility index (Phi) is 1.65. The highest BCUT2D eigenvalue weighted by Crippen LogP contribution is 2.38. The molecule has 2 nitrogen and oxygen atoms in total. The van der Waals surface area contributed by atoms with Gasteiger partial charge in [-0.3, -0.25) is 0 Å². The molecule has 1 aliphatic heterocycles. The first-order valence-corrected chi connectivity index (χ1v) is 4.54. The molecule has 5 heteroatoms. The largest absolute Gasteiger partial charge is 0.467 e. The Morgan fingerprint density at radius 2 is 1.83 bits per heavy atom. The van der Waals surface area contributed by atoms with Gasteiger partial charge in [-0.15, -0.1) is 0 Å². The second kappa shape index (κ2) is 2.46. The van der Waals surface area contributed by atoms with E-state index < -0.39 is 5.59 Å². The van der Waals surface area contributed by atoms with Crippen molar-refractivity contribution in [3.05, 3.63) is 22.7 Å². The number of rotatable bonds is 0. The molecule has 0 saturated carbocycles. The molecule has 0 aliphatic carbocycles. The van der Waals surface area contributed by atoms with Gasteiger partial charge in [-0.2, -0.15) is 0 Å². The minimum Gasteiger partial charge on any atom is -0.467 e. The van der Waals surface area contributed by atoms with Gasteiger partial charge in [-0.1, -0.05) is 15.9 Å². The summed E-state index contributed by atoms with van der Waals surface area (Å²) in [5.41, 5.74) is -0.525. The van der Waals surface area contributed by atoms with Crippen LogP contribution in [0.1, 0.15) is 0 Å². The van der Waals surface area contributed by atoms with Gasteiger partial charge in [0.05, 0.1) is 0 Å². The first kappa shape index (κ1) is 8.05. The smallest absolute Gasteiger partial charge is 0.197 e. The number of benzene rings is 1. The summed E-state index contributed by atoms with van der Waals surface area (Å²) in [6.45, 7) is 0. The van der Waals surface area contributed by atoms with E-state index in [1.165, 1.54) is 0 Å². The average molecular weight is 225 g/mol. The summed E-state index contributed by atoms with van der Waals surface area (Å²) in [4.78, 5) is 0.